The molecular formula is C16H20N4O. The lowest BCUT2D eigenvalue weighted by Gasteiger charge is -2.13. The second-order valence-electron chi connectivity index (χ2n) is 6.27. The van der Waals surface area contributed by atoms with Gasteiger partial charge >= 0.3 is 0 Å². The monoisotopic (exact) mass is 284 g/mol. The predicted molar refractivity (Wildman–Crippen MR) is 80.6 cm³/mol. The van der Waals surface area contributed by atoms with Gasteiger partial charge in [-0.05, 0) is 37.9 Å². The van der Waals surface area contributed by atoms with E-state index in [0.717, 1.165) is 29.7 Å². The molecule has 2 aliphatic rings. The lowest BCUT2D eigenvalue weighted by atomic mass is 10.1. The molecule has 1 aromatic heterocycles. The Morgan fingerprint density at radius 1 is 1.38 bits per heavy atom. The Morgan fingerprint density at radius 2 is 2.10 bits per heavy atom. The topological polar surface area (TPSA) is 59.0 Å². The minimum Gasteiger partial charge on any atom is -0.348 e. The largest absolute Gasteiger partial charge is 0.348 e. The van der Waals surface area contributed by atoms with Crippen LogP contribution in [0.3, 0.4) is 0 Å². The summed E-state index contributed by atoms with van der Waals surface area (Å²) in [7, 11) is 1.94. The van der Waals surface area contributed by atoms with Gasteiger partial charge in [-0.1, -0.05) is 18.2 Å². The fraction of sp³-hybridized carbons (Fsp3) is 0.500. The molecule has 2 N–H and O–H groups in total. The molecule has 1 saturated carbocycles. The number of carbonyl (C=O) groups is 1. The minimum absolute atomic E-state index is 0.0575. The lowest BCUT2D eigenvalue weighted by molar-refractivity contribution is -0.123. The van der Waals surface area contributed by atoms with E-state index in [0.29, 0.717) is 11.8 Å². The zero-order chi connectivity index (χ0) is 14.6. The van der Waals surface area contributed by atoms with Gasteiger partial charge < -0.3 is 10.6 Å². The first-order valence-electron chi connectivity index (χ1n) is 7.59. The van der Waals surface area contributed by atoms with Gasteiger partial charge in [-0.2, -0.15) is 5.10 Å². The van der Waals surface area contributed by atoms with Gasteiger partial charge in [0, 0.05) is 18.4 Å². The van der Waals surface area contributed by atoms with Crippen LogP contribution in [-0.4, -0.2) is 28.8 Å². The summed E-state index contributed by atoms with van der Waals surface area (Å²) in [6, 6.07) is 8.08. The second-order valence-corrected chi connectivity index (χ2v) is 6.27. The predicted octanol–water partition coefficient (Wildman–Crippen LogP) is 1.22. The molecular weight excluding hydrogens is 264 g/mol. The van der Waals surface area contributed by atoms with E-state index in [-0.39, 0.29) is 17.9 Å². The third-order valence-corrected chi connectivity index (χ3v) is 4.95. The molecule has 3 atom stereocenters. The quantitative estimate of drug-likeness (QED) is 0.891. The summed E-state index contributed by atoms with van der Waals surface area (Å²) in [4.78, 5) is 12.4. The van der Waals surface area contributed by atoms with Crippen molar-refractivity contribution in [1.82, 2.24) is 20.4 Å². The van der Waals surface area contributed by atoms with Crippen molar-refractivity contribution in [2.75, 3.05) is 13.1 Å². The van der Waals surface area contributed by atoms with Crippen LogP contribution in [-0.2, 0) is 11.8 Å². The Bertz CT molecular complexity index is 697. The summed E-state index contributed by atoms with van der Waals surface area (Å²) < 4.78 is 1.88. The maximum Gasteiger partial charge on any atom is 0.224 e. The Labute approximate surface area is 123 Å². The van der Waals surface area contributed by atoms with Crippen LogP contribution >= 0.6 is 0 Å². The molecule has 2 heterocycles. The van der Waals surface area contributed by atoms with E-state index < -0.39 is 0 Å². The van der Waals surface area contributed by atoms with E-state index in [2.05, 4.69) is 27.9 Å². The lowest BCUT2D eigenvalue weighted by Crippen LogP contribution is -2.32. The van der Waals surface area contributed by atoms with Crippen LogP contribution in [0.15, 0.2) is 24.3 Å². The first kappa shape index (κ1) is 12.8. The van der Waals surface area contributed by atoms with Crippen molar-refractivity contribution < 1.29 is 4.79 Å². The SMILES string of the molecule is CC(NC(=O)C1C2CNCC21)c1nn(C)c2ccccc12. The molecule has 0 radical (unpaired) electrons. The van der Waals surface area contributed by atoms with E-state index in [4.69, 9.17) is 0 Å². The van der Waals surface area contributed by atoms with Crippen molar-refractivity contribution in [1.29, 1.82) is 0 Å². The number of aryl methyl sites for hydroxylation is 1. The van der Waals surface area contributed by atoms with Gasteiger partial charge in [-0.15, -0.1) is 0 Å². The summed E-state index contributed by atoms with van der Waals surface area (Å²) >= 11 is 0. The molecule has 0 bridgehead atoms. The number of aromatic nitrogens is 2. The molecule has 110 valence electrons. The summed E-state index contributed by atoms with van der Waals surface area (Å²) in [5, 5.41) is 12.2. The highest BCUT2D eigenvalue weighted by molar-refractivity contribution is 5.85. The standard InChI is InChI=1S/C16H20N4O/c1-9(18-16(21)14-11-7-17-8-12(11)14)15-10-5-3-4-6-13(10)20(2)19-15/h3-6,9,11-12,14,17H,7-8H2,1-2H3,(H,18,21). The molecule has 1 saturated heterocycles. The molecule has 1 aliphatic heterocycles. The summed E-state index contributed by atoms with van der Waals surface area (Å²) in [6.45, 7) is 4.00. The smallest absolute Gasteiger partial charge is 0.224 e. The van der Waals surface area contributed by atoms with E-state index in [1.54, 1.807) is 0 Å². The average molecular weight is 284 g/mol. The Kier molecular flexibility index (Phi) is 2.79. The van der Waals surface area contributed by atoms with Crippen molar-refractivity contribution in [3.8, 4) is 0 Å². The van der Waals surface area contributed by atoms with E-state index >= 15 is 0 Å². The van der Waals surface area contributed by atoms with Crippen molar-refractivity contribution in [3.63, 3.8) is 0 Å². The molecule has 2 fully saturated rings. The Morgan fingerprint density at radius 3 is 2.86 bits per heavy atom. The number of carbonyl (C=O) groups excluding carboxylic acids is 1. The normalized spacial score (nSPS) is 28.4. The first-order valence-corrected chi connectivity index (χ1v) is 7.59. The van der Waals surface area contributed by atoms with Crippen molar-refractivity contribution in [2.24, 2.45) is 24.8 Å². The van der Waals surface area contributed by atoms with Crippen molar-refractivity contribution >= 4 is 16.8 Å². The molecule has 4 rings (SSSR count). The van der Waals surface area contributed by atoms with Crippen LogP contribution < -0.4 is 10.6 Å². The van der Waals surface area contributed by atoms with Crippen LogP contribution in [0.5, 0.6) is 0 Å². The fourth-order valence-corrected chi connectivity index (χ4v) is 3.75. The van der Waals surface area contributed by atoms with E-state index in [9.17, 15) is 4.79 Å². The van der Waals surface area contributed by atoms with Crippen LogP contribution in [0.4, 0.5) is 0 Å². The molecule has 0 spiro atoms. The van der Waals surface area contributed by atoms with Gasteiger partial charge in [0.2, 0.25) is 5.91 Å². The third kappa shape index (κ3) is 1.95. The van der Waals surface area contributed by atoms with Gasteiger partial charge in [0.1, 0.15) is 0 Å². The van der Waals surface area contributed by atoms with Crippen molar-refractivity contribution in [3.05, 3.63) is 30.0 Å². The molecule has 5 heteroatoms. The number of rotatable bonds is 3. The van der Waals surface area contributed by atoms with Gasteiger partial charge in [0.05, 0.1) is 17.3 Å². The summed E-state index contributed by atoms with van der Waals surface area (Å²) in [5.41, 5.74) is 2.05. The molecule has 21 heavy (non-hydrogen) atoms. The third-order valence-electron chi connectivity index (χ3n) is 4.95. The number of para-hydroxylation sites is 1. The highest BCUT2D eigenvalue weighted by atomic mass is 16.2. The average Bonchev–Trinajstić information content (AvgIpc) is 2.83. The summed E-state index contributed by atoms with van der Waals surface area (Å²) in [5.74, 6) is 1.51. The molecule has 1 aliphatic carbocycles. The van der Waals surface area contributed by atoms with Gasteiger partial charge in [0.25, 0.3) is 0 Å². The number of piperidine rings is 1. The number of nitrogens with one attached hydrogen (secondary N) is 2. The highest BCUT2D eigenvalue weighted by Gasteiger charge is 2.56. The molecule has 1 amide bonds. The zero-order valence-corrected chi connectivity index (χ0v) is 12.3. The molecule has 1 aromatic carbocycles. The number of hydrogen-bond donors (Lipinski definition) is 2. The maximum atomic E-state index is 12.4. The molecule has 2 aromatic rings. The second kappa shape index (κ2) is 4.56. The van der Waals surface area contributed by atoms with Gasteiger partial charge in [0.15, 0.2) is 0 Å². The molecule has 5 nitrogen and oxygen atoms in total. The Hall–Kier alpha value is -1.88. The maximum absolute atomic E-state index is 12.4. The number of nitrogens with zero attached hydrogens (tertiary/aromatic N) is 2. The van der Waals surface area contributed by atoms with Gasteiger partial charge in [-0.25, -0.2) is 0 Å². The van der Waals surface area contributed by atoms with E-state index in [1.165, 1.54) is 0 Å². The van der Waals surface area contributed by atoms with Crippen molar-refractivity contribution in [2.45, 2.75) is 13.0 Å². The van der Waals surface area contributed by atoms with Crippen LogP contribution in [0.1, 0.15) is 18.7 Å². The minimum atomic E-state index is -0.0575. The fourth-order valence-electron chi connectivity index (χ4n) is 3.75. The number of fused-ring (bicyclic) bond motifs is 2. The summed E-state index contributed by atoms with van der Waals surface area (Å²) in [6.07, 6.45) is 0. The van der Waals surface area contributed by atoms with E-state index in [1.807, 2.05) is 30.8 Å². The molecule has 3 unspecified atom stereocenters. The van der Waals surface area contributed by atoms with Crippen LogP contribution in [0.2, 0.25) is 0 Å². The Balaban J connectivity index is 1.54. The first-order chi connectivity index (χ1) is 10.2. The number of benzene rings is 1. The van der Waals surface area contributed by atoms with Crippen LogP contribution in [0, 0.1) is 17.8 Å². The number of hydrogen-bond acceptors (Lipinski definition) is 3. The number of amides is 1. The van der Waals surface area contributed by atoms with Crippen LogP contribution in [0.25, 0.3) is 10.9 Å². The zero-order valence-electron chi connectivity index (χ0n) is 12.3. The van der Waals surface area contributed by atoms with Gasteiger partial charge in [-0.3, -0.25) is 9.48 Å². The highest BCUT2D eigenvalue weighted by Crippen LogP contribution is 2.48.